The number of aryl methyl sites for hydroxylation is 2. The zero-order valence-electron chi connectivity index (χ0n) is 15.4. The lowest BCUT2D eigenvalue weighted by Crippen LogP contribution is -2.38. The largest absolute Gasteiger partial charge is 0.388 e. The van der Waals surface area contributed by atoms with Gasteiger partial charge in [-0.1, -0.05) is 6.07 Å². The molecule has 0 saturated carbocycles. The maximum atomic E-state index is 13.2. The molecule has 0 unspecified atom stereocenters. The summed E-state index contributed by atoms with van der Waals surface area (Å²) in [6.45, 7) is 4.20. The van der Waals surface area contributed by atoms with E-state index in [1.165, 1.54) is 6.08 Å². The van der Waals surface area contributed by atoms with Crippen LogP contribution in [0.4, 0.5) is 5.69 Å². The maximum Gasteiger partial charge on any atom is 0.228 e. The number of ether oxygens (including phenoxy) is 2. The highest BCUT2D eigenvalue weighted by atomic mass is 16.6. The van der Waals surface area contributed by atoms with Crippen LogP contribution in [0.3, 0.4) is 0 Å². The van der Waals surface area contributed by atoms with Crippen LogP contribution in [-0.4, -0.2) is 45.0 Å². The van der Waals surface area contributed by atoms with Crippen LogP contribution < -0.4 is 5.32 Å². The molecule has 8 heteroatoms. The second kappa shape index (κ2) is 6.10. The Labute approximate surface area is 160 Å². The van der Waals surface area contributed by atoms with Crippen molar-refractivity contribution in [2.45, 2.75) is 38.9 Å². The van der Waals surface area contributed by atoms with Crippen molar-refractivity contribution in [3.05, 3.63) is 58.3 Å². The standard InChI is InChI=1S/C20H19N3O5/c1-9-3-4-11(5-10(9)2)21-12-6-13(24)16-17(18(12)26)23-15(22-16)8-27-19-14(25)7-28-20(19)23/h3-6,14,19-21,25H,7-8H2,1-2H3/t14-,19-,20+/m1/s1. The Morgan fingerprint density at radius 2 is 2.04 bits per heavy atom. The Hall–Kier alpha value is -2.81. The van der Waals surface area contributed by atoms with Gasteiger partial charge in [0.2, 0.25) is 11.6 Å². The Bertz CT molecular complexity index is 1050. The highest BCUT2D eigenvalue weighted by Gasteiger charge is 2.46. The average molecular weight is 381 g/mol. The molecule has 1 aromatic carbocycles. The second-order valence-corrected chi connectivity index (χ2v) is 7.34. The molecule has 1 aliphatic carbocycles. The topological polar surface area (TPSA) is 103 Å². The van der Waals surface area contributed by atoms with Gasteiger partial charge in [0, 0.05) is 11.8 Å². The molecule has 1 fully saturated rings. The van der Waals surface area contributed by atoms with Gasteiger partial charge in [-0.15, -0.1) is 0 Å². The van der Waals surface area contributed by atoms with Gasteiger partial charge in [-0.3, -0.25) is 14.2 Å². The fourth-order valence-electron chi connectivity index (χ4n) is 3.87. The number of benzene rings is 1. The van der Waals surface area contributed by atoms with Gasteiger partial charge in [-0.05, 0) is 37.1 Å². The minimum atomic E-state index is -0.783. The molecule has 28 heavy (non-hydrogen) atoms. The van der Waals surface area contributed by atoms with E-state index in [9.17, 15) is 14.7 Å². The van der Waals surface area contributed by atoms with Crippen LogP contribution in [0.2, 0.25) is 0 Å². The third kappa shape index (κ3) is 2.46. The van der Waals surface area contributed by atoms with Crippen LogP contribution in [0.5, 0.6) is 0 Å². The summed E-state index contributed by atoms with van der Waals surface area (Å²) in [5.41, 5.74) is 3.41. The molecule has 0 amide bonds. The lowest BCUT2D eigenvalue weighted by Gasteiger charge is -2.29. The van der Waals surface area contributed by atoms with Gasteiger partial charge in [0.15, 0.2) is 6.23 Å². The van der Waals surface area contributed by atoms with Crippen molar-refractivity contribution in [1.29, 1.82) is 0 Å². The molecule has 2 N–H and O–H groups in total. The number of aliphatic hydroxyl groups excluding tert-OH is 1. The normalized spacial score (nSPS) is 25.8. The molecule has 1 saturated heterocycles. The monoisotopic (exact) mass is 381 g/mol. The molecule has 1 aromatic heterocycles. The highest BCUT2D eigenvalue weighted by molar-refractivity contribution is 6.24. The number of Topliss-reactive ketones (excluding diaryl/α,β-unsaturated/α-hetero) is 1. The first-order chi connectivity index (χ1) is 13.4. The first-order valence-electron chi connectivity index (χ1n) is 9.11. The maximum absolute atomic E-state index is 13.2. The van der Waals surface area contributed by atoms with E-state index in [0.29, 0.717) is 5.82 Å². The number of carbonyl (C=O) groups is 2. The van der Waals surface area contributed by atoms with Crippen molar-refractivity contribution < 1.29 is 24.2 Å². The summed E-state index contributed by atoms with van der Waals surface area (Å²) in [5.74, 6) is -0.238. The molecule has 2 aromatic rings. The molecule has 144 valence electrons. The molecule has 3 aliphatic rings. The van der Waals surface area contributed by atoms with E-state index in [0.717, 1.165) is 16.8 Å². The number of fused-ring (bicyclic) bond motifs is 5. The summed E-state index contributed by atoms with van der Waals surface area (Å²) in [7, 11) is 0. The molecule has 0 radical (unpaired) electrons. The molecule has 5 rings (SSSR count). The molecule has 0 bridgehead atoms. The van der Waals surface area contributed by atoms with Crippen LogP contribution in [0, 0.1) is 13.8 Å². The van der Waals surface area contributed by atoms with E-state index in [-0.39, 0.29) is 41.9 Å². The van der Waals surface area contributed by atoms with Gasteiger partial charge in [-0.2, -0.15) is 0 Å². The number of hydrogen-bond acceptors (Lipinski definition) is 7. The first kappa shape index (κ1) is 17.3. The van der Waals surface area contributed by atoms with E-state index in [1.807, 2.05) is 32.0 Å². The molecular formula is C20H19N3O5. The predicted octanol–water partition coefficient (Wildman–Crippen LogP) is 1.66. The Balaban J connectivity index is 1.54. The number of carbonyl (C=O) groups excluding carboxylic acids is 2. The van der Waals surface area contributed by atoms with Crippen LogP contribution in [0.1, 0.15) is 44.2 Å². The molecule has 0 spiro atoms. The molecule has 3 heterocycles. The summed E-state index contributed by atoms with van der Waals surface area (Å²) in [4.78, 5) is 30.2. The minimum absolute atomic E-state index is 0.0971. The molecule has 8 nitrogen and oxygen atoms in total. The van der Waals surface area contributed by atoms with Gasteiger partial charge >= 0.3 is 0 Å². The third-order valence-electron chi connectivity index (χ3n) is 5.50. The summed E-state index contributed by atoms with van der Waals surface area (Å²) in [5, 5.41) is 13.1. The SMILES string of the molecule is Cc1ccc(NC2=CC(=O)c3nc4n(c3C2=O)[C@H]2OC[C@@H](O)[C@H]2OC4)cc1C. The summed E-state index contributed by atoms with van der Waals surface area (Å²) in [6.07, 6.45) is -0.764. The summed E-state index contributed by atoms with van der Waals surface area (Å²) in [6, 6.07) is 5.74. The van der Waals surface area contributed by atoms with E-state index in [1.54, 1.807) is 4.57 Å². The van der Waals surface area contributed by atoms with Crippen molar-refractivity contribution in [3.8, 4) is 0 Å². The lowest BCUT2D eigenvalue weighted by molar-refractivity contribution is -0.0992. The quantitative estimate of drug-likeness (QED) is 0.816. The zero-order chi connectivity index (χ0) is 19.6. The van der Waals surface area contributed by atoms with Gasteiger partial charge in [-0.25, -0.2) is 4.98 Å². The number of allylic oxidation sites excluding steroid dienone is 2. The molecule has 3 atom stereocenters. The van der Waals surface area contributed by atoms with Crippen LogP contribution in [-0.2, 0) is 16.1 Å². The number of nitrogens with one attached hydrogen (secondary N) is 1. The number of imidazole rings is 1. The van der Waals surface area contributed by atoms with Crippen LogP contribution in [0.15, 0.2) is 30.0 Å². The van der Waals surface area contributed by atoms with Gasteiger partial charge in [0.25, 0.3) is 0 Å². The Kier molecular flexibility index (Phi) is 3.77. The third-order valence-corrected chi connectivity index (χ3v) is 5.50. The number of ketones is 2. The number of aliphatic hydroxyl groups is 1. The van der Waals surface area contributed by atoms with Crippen molar-refractivity contribution in [2.75, 3.05) is 11.9 Å². The number of hydrogen-bond donors (Lipinski definition) is 2. The van der Waals surface area contributed by atoms with Crippen molar-refractivity contribution >= 4 is 17.3 Å². The first-order valence-corrected chi connectivity index (χ1v) is 9.11. The number of anilines is 1. The molecular weight excluding hydrogens is 362 g/mol. The lowest BCUT2D eigenvalue weighted by atomic mass is 10.0. The summed E-state index contributed by atoms with van der Waals surface area (Å²) >= 11 is 0. The van der Waals surface area contributed by atoms with Crippen molar-refractivity contribution in [1.82, 2.24) is 9.55 Å². The van der Waals surface area contributed by atoms with Gasteiger partial charge in [0.1, 0.15) is 36.0 Å². The number of rotatable bonds is 2. The van der Waals surface area contributed by atoms with E-state index < -0.39 is 18.4 Å². The zero-order valence-corrected chi connectivity index (χ0v) is 15.4. The number of nitrogens with zero attached hydrogens (tertiary/aromatic N) is 2. The summed E-state index contributed by atoms with van der Waals surface area (Å²) < 4.78 is 12.9. The Morgan fingerprint density at radius 3 is 2.82 bits per heavy atom. The minimum Gasteiger partial charge on any atom is -0.388 e. The predicted molar refractivity (Wildman–Crippen MR) is 98.1 cm³/mol. The van der Waals surface area contributed by atoms with E-state index >= 15 is 0 Å². The van der Waals surface area contributed by atoms with Crippen molar-refractivity contribution in [2.24, 2.45) is 0 Å². The Morgan fingerprint density at radius 1 is 1.21 bits per heavy atom. The second-order valence-electron chi connectivity index (χ2n) is 7.34. The fourth-order valence-corrected chi connectivity index (χ4v) is 3.87. The van der Waals surface area contributed by atoms with Crippen LogP contribution in [0.25, 0.3) is 0 Å². The highest BCUT2D eigenvalue weighted by Crippen LogP contribution is 2.37. The van der Waals surface area contributed by atoms with E-state index in [2.05, 4.69) is 10.3 Å². The van der Waals surface area contributed by atoms with Gasteiger partial charge < -0.3 is 19.9 Å². The van der Waals surface area contributed by atoms with Gasteiger partial charge in [0.05, 0.1) is 12.3 Å². The van der Waals surface area contributed by atoms with Crippen LogP contribution >= 0.6 is 0 Å². The smallest absolute Gasteiger partial charge is 0.228 e. The average Bonchev–Trinajstić information content (AvgIpc) is 3.24. The fraction of sp³-hybridized carbons (Fsp3) is 0.350. The number of aromatic nitrogens is 2. The molecule has 2 aliphatic heterocycles. The van der Waals surface area contributed by atoms with E-state index in [4.69, 9.17) is 9.47 Å². The van der Waals surface area contributed by atoms with Crippen molar-refractivity contribution in [3.63, 3.8) is 0 Å².